The van der Waals surface area contributed by atoms with Gasteiger partial charge in [0.05, 0.1) is 18.7 Å². The van der Waals surface area contributed by atoms with Crippen molar-refractivity contribution >= 4 is 16.9 Å². The number of aromatic amines is 1. The zero-order chi connectivity index (χ0) is 16.1. The summed E-state index contributed by atoms with van der Waals surface area (Å²) in [6, 6.07) is 8.81. The van der Waals surface area contributed by atoms with Gasteiger partial charge in [0.15, 0.2) is 0 Å². The van der Waals surface area contributed by atoms with E-state index in [0.717, 1.165) is 18.4 Å². The van der Waals surface area contributed by atoms with Crippen LogP contribution in [0, 0.1) is 11.8 Å². The number of carbonyl (C=O) groups excluding carboxylic acids is 1. The largest absolute Gasteiger partial charge is 0.466 e. The van der Waals surface area contributed by atoms with Gasteiger partial charge in [-0.05, 0) is 18.4 Å². The molecule has 4 heteroatoms. The van der Waals surface area contributed by atoms with Crippen molar-refractivity contribution in [3.63, 3.8) is 0 Å². The van der Waals surface area contributed by atoms with Gasteiger partial charge in [0, 0.05) is 41.3 Å². The summed E-state index contributed by atoms with van der Waals surface area (Å²) in [5, 5.41) is 1.31. The van der Waals surface area contributed by atoms with Gasteiger partial charge in [-0.1, -0.05) is 31.5 Å². The lowest BCUT2D eigenvalue weighted by atomic mass is 9.67. The summed E-state index contributed by atoms with van der Waals surface area (Å²) in [5.74, 6) is 0.471. The lowest BCUT2D eigenvalue weighted by Crippen LogP contribution is -2.43. The number of para-hydroxylation sites is 1. The minimum atomic E-state index is -0.196. The van der Waals surface area contributed by atoms with Crippen LogP contribution in [-0.2, 0) is 16.0 Å². The number of nitrogens with zero attached hydrogens (tertiary/aromatic N) is 1. The summed E-state index contributed by atoms with van der Waals surface area (Å²) >= 11 is 0. The third-order valence-corrected chi connectivity index (χ3v) is 5.54. The maximum atomic E-state index is 12.2. The molecule has 4 nitrogen and oxygen atoms in total. The number of fused-ring (bicyclic) bond motifs is 6. The van der Waals surface area contributed by atoms with Gasteiger partial charge < -0.3 is 14.6 Å². The summed E-state index contributed by atoms with van der Waals surface area (Å²) in [7, 11) is 3.54. The molecule has 0 amide bonds. The van der Waals surface area contributed by atoms with Crippen LogP contribution in [0.25, 0.3) is 10.9 Å². The Labute approximate surface area is 136 Å². The molecule has 4 rings (SSSR count). The Morgan fingerprint density at radius 1 is 1.39 bits per heavy atom. The molecule has 0 saturated carbocycles. The molecule has 2 bridgehead atoms. The summed E-state index contributed by atoms with van der Waals surface area (Å²) < 4.78 is 5.03. The zero-order valence-corrected chi connectivity index (χ0v) is 13.8. The first kappa shape index (κ1) is 14.4. The van der Waals surface area contributed by atoms with Crippen LogP contribution in [0.1, 0.15) is 30.6 Å². The predicted octanol–water partition coefficient (Wildman–Crippen LogP) is 3.41. The first-order valence-corrected chi connectivity index (χ1v) is 8.27. The van der Waals surface area contributed by atoms with Crippen LogP contribution in [-0.4, -0.2) is 30.0 Å². The second kappa shape index (κ2) is 5.15. The van der Waals surface area contributed by atoms with Gasteiger partial charge >= 0.3 is 5.97 Å². The van der Waals surface area contributed by atoms with Crippen LogP contribution in [0.2, 0.25) is 0 Å². The fraction of sp³-hybridized carbons (Fsp3) is 0.421. The van der Waals surface area contributed by atoms with Gasteiger partial charge in [0.1, 0.15) is 0 Å². The average molecular weight is 310 g/mol. The number of hydrogen-bond acceptors (Lipinski definition) is 3. The lowest BCUT2D eigenvalue weighted by molar-refractivity contribution is -0.137. The van der Waals surface area contributed by atoms with Gasteiger partial charge in [-0.15, -0.1) is 0 Å². The zero-order valence-electron chi connectivity index (χ0n) is 13.8. The quantitative estimate of drug-likeness (QED) is 0.865. The Bertz CT molecular complexity index is 805. The van der Waals surface area contributed by atoms with Crippen LogP contribution < -0.4 is 0 Å². The first-order valence-electron chi connectivity index (χ1n) is 8.27. The van der Waals surface area contributed by atoms with Crippen molar-refractivity contribution in [1.82, 2.24) is 9.88 Å². The normalized spacial score (nSPS) is 26.0. The Balaban J connectivity index is 1.91. The number of aromatic nitrogens is 1. The molecule has 23 heavy (non-hydrogen) atoms. The van der Waals surface area contributed by atoms with E-state index >= 15 is 0 Å². The van der Waals surface area contributed by atoms with Crippen molar-refractivity contribution in [3.05, 3.63) is 47.3 Å². The van der Waals surface area contributed by atoms with E-state index in [0.29, 0.717) is 12.0 Å². The molecule has 1 aliphatic carbocycles. The molecule has 0 spiro atoms. The van der Waals surface area contributed by atoms with Crippen LogP contribution in [0.3, 0.4) is 0 Å². The second-order valence-corrected chi connectivity index (χ2v) is 6.63. The average Bonchev–Trinajstić information content (AvgIpc) is 2.94. The second-order valence-electron chi connectivity index (χ2n) is 6.63. The number of methoxy groups -OCH3 is 1. The highest BCUT2D eigenvalue weighted by atomic mass is 16.5. The molecule has 0 radical (unpaired) electrons. The lowest BCUT2D eigenvalue weighted by Gasteiger charge is -2.46. The highest BCUT2D eigenvalue weighted by Crippen LogP contribution is 2.51. The summed E-state index contributed by atoms with van der Waals surface area (Å²) in [4.78, 5) is 18.0. The summed E-state index contributed by atoms with van der Waals surface area (Å²) in [6.07, 6.45) is 3.93. The number of hydrogen-bond donors (Lipinski definition) is 1. The van der Waals surface area contributed by atoms with Crippen LogP contribution in [0.5, 0.6) is 0 Å². The van der Waals surface area contributed by atoms with Crippen molar-refractivity contribution in [2.45, 2.75) is 25.8 Å². The van der Waals surface area contributed by atoms with E-state index in [2.05, 4.69) is 48.1 Å². The van der Waals surface area contributed by atoms with Gasteiger partial charge in [0.2, 0.25) is 0 Å². The van der Waals surface area contributed by atoms with Crippen molar-refractivity contribution in [2.24, 2.45) is 11.8 Å². The SMILES string of the molecule is CCC1[C@H]2Cc3[nH]c4ccccc4c3[C@@H]1N(C)C=C2C(=O)OC. The highest BCUT2D eigenvalue weighted by Gasteiger charge is 2.45. The van der Waals surface area contributed by atoms with E-state index in [1.54, 1.807) is 0 Å². The molecule has 2 aliphatic rings. The minimum absolute atomic E-state index is 0.196. The molecule has 1 N–H and O–H groups in total. The number of rotatable bonds is 2. The van der Waals surface area contributed by atoms with Crippen molar-refractivity contribution in [3.8, 4) is 0 Å². The monoisotopic (exact) mass is 310 g/mol. The maximum Gasteiger partial charge on any atom is 0.335 e. The number of H-pyrrole nitrogens is 1. The van der Waals surface area contributed by atoms with Gasteiger partial charge in [-0.2, -0.15) is 0 Å². The molecular weight excluding hydrogens is 288 g/mol. The minimum Gasteiger partial charge on any atom is -0.466 e. The van der Waals surface area contributed by atoms with Crippen molar-refractivity contribution in [2.75, 3.05) is 14.2 Å². The third kappa shape index (κ3) is 1.94. The third-order valence-electron chi connectivity index (χ3n) is 5.54. The van der Waals surface area contributed by atoms with Crippen LogP contribution in [0.4, 0.5) is 0 Å². The number of esters is 1. The maximum absolute atomic E-state index is 12.2. The highest BCUT2D eigenvalue weighted by molar-refractivity contribution is 5.90. The molecule has 1 aliphatic heterocycles. The van der Waals surface area contributed by atoms with Gasteiger partial charge in [-0.25, -0.2) is 4.79 Å². The number of nitrogens with one attached hydrogen (secondary N) is 1. The van der Waals surface area contributed by atoms with Crippen molar-refractivity contribution < 1.29 is 9.53 Å². The molecule has 2 heterocycles. The Morgan fingerprint density at radius 2 is 2.17 bits per heavy atom. The first-order chi connectivity index (χ1) is 11.2. The Morgan fingerprint density at radius 3 is 2.91 bits per heavy atom. The van der Waals surface area contributed by atoms with E-state index in [-0.39, 0.29) is 11.9 Å². The van der Waals surface area contributed by atoms with E-state index in [9.17, 15) is 4.79 Å². The molecule has 1 unspecified atom stereocenters. The summed E-state index contributed by atoms with van der Waals surface area (Å²) in [6.45, 7) is 2.22. The van der Waals surface area contributed by atoms with E-state index in [1.807, 2.05) is 6.20 Å². The van der Waals surface area contributed by atoms with Crippen LogP contribution >= 0.6 is 0 Å². The number of carbonyl (C=O) groups is 1. The topological polar surface area (TPSA) is 45.3 Å². The van der Waals surface area contributed by atoms with Crippen molar-refractivity contribution in [1.29, 1.82) is 0 Å². The molecular formula is C19H22N2O2. The van der Waals surface area contributed by atoms with Crippen LogP contribution in [0.15, 0.2) is 36.0 Å². The van der Waals surface area contributed by atoms with E-state index < -0.39 is 0 Å². The van der Waals surface area contributed by atoms with E-state index in [4.69, 9.17) is 4.74 Å². The smallest absolute Gasteiger partial charge is 0.335 e. The summed E-state index contributed by atoms with van der Waals surface area (Å²) in [5.41, 5.74) is 4.67. The molecule has 0 saturated heterocycles. The standard InChI is InChI=1S/C19H22N2O2/c1-4-11-13-9-16-17(12-7-5-6-8-15(12)20-16)18(11)21(2)10-14(13)19(22)23-3/h5-8,10-11,13,18,20H,4,9H2,1-3H3/t11?,13-,18-/m1/s1. The van der Waals surface area contributed by atoms with Gasteiger partial charge in [0.25, 0.3) is 0 Å². The molecule has 2 aromatic rings. The fourth-order valence-electron chi connectivity index (χ4n) is 4.60. The fourth-order valence-corrected chi connectivity index (χ4v) is 4.60. The molecule has 1 aromatic carbocycles. The molecule has 0 fully saturated rings. The number of ether oxygens (including phenoxy) is 1. The van der Waals surface area contributed by atoms with E-state index in [1.165, 1.54) is 29.3 Å². The molecule has 120 valence electrons. The predicted molar refractivity (Wildman–Crippen MR) is 89.9 cm³/mol. The molecule has 3 atom stereocenters. The van der Waals surface area contributed by atoms with Gasteiger partial charge in [-0.3, -0.25) is 0 Å². The Kier molecular flexibility index (Phi) is 3.22. The molecule has 1 aromatic heterocycles. The Hall–Kier alpha value is -2.23. The number of benzene rings is 1.